The molecule has 1 heterocycles. The second-order valence-corrected chi connectivity index (χ2v) is 4.27. The van der Waals surface area contributed by atoms with Crippen LogP contribution < -0.4 is 0 Å². The summed E-state index contributed by atoms with van der Waals surface area (Å²) in [4.78, 5) is 4.12. The van der Waals surface area contributed by atoms with Crippen molar-refractivity contribution in [3.63, 3.8) is 0 Å². The maximum absolute atomic E-state index is 10.1. The van der Waals surface area contributed by atoms with E-state index in [1.165, 1.54) is 0 Å². The van der Waals surface area contributed by atoms with E-state index in [1.54, 1.807) is 6.20 Å². The molecule has 0 bridgehead atoms. The number of halogens is 1. The summed E-state index contributed by atoms with van der Waals surface area (Å²) in [5.41, 5.74) is 0.840. The second kappa shape index (κ2) is 4.16. The molecule has 0 aliphatic rings. The van der Waals surface area contributed by atoms with Gasteiger partial charge in [-0.25, -0.2) is 4.98 Å². The molecule has 0 spiro atoms. The van der Waals surface area contributed by atoms with Crippen LogP contribution in [-0.2, 0) is 7.05 Å². The van der Waals surface area contributed by atoms with Gasteiger partial charge in [0.05, 0.1) is 0 Å². The molecule has 0 aliphatic carbocycles. The molecule has 2 aromatic rings. The van der Waals surface area contributed by atoms with Crippen LogP contribution in [0.2, 0.25) is 0 Å². The lowest BCUT2D eigenvalue weighted by atomic mass is 10.1. The molecule has 0 radical (unpaired) electrons. The number of benzene rings is 1. The van der Waals surface area contributed by atoms with Gasteiger partial charge in [-0.2, -0.15) is 0 Å². The van der Waals surface area contributed by atoms with Crippen LogP contribution in [0, 0.1) is 0 Å². The fourth-order valence-electron chi connectivity index (χ4n) is 1.43. The van der Waals surface area contributed by atoms with Gasteiger partial charge in [0.1, 0.15) is 11.9 Å². The van der Waals surface area contributed by atoms with E-state index in [0.29, 0.717) is 5.82 Å². The SMILES string of the molecule is Cn1ccnc1[C@H](O)c1ccc(Br)cc1. The molecule has 0 fully saturated rings. The van der Waals surface area contributed by atoms with Crippen LogP contribution >= 0.6 is 15.9 Å². The first-order valence-corrected chi connectivity index (χ1v) is 5.38. The molecule has 1 aromatic heterocycles. The fraction of sp³-hybridized carbons (Fsp3) is 0.182. The Balaban J connectivity index is 2.32. The van der Waals surface area contributed by atoms with Crippen LogP contribution in [0.1, 0.15) is 17.5 Å². The van der Waals surface area contributed by atoms with Crippen molar-refractivity contribution in [3.8, 4) is 0 Å². The number of aliphatic hydroxyl groups is 1. The van der Waals surface area contributed by atoms with Crippen molar-refractivity contribution in [1.29, 1.82) is 0 Å². The molecule has 1 atom stereocenters. The first-order valence-electron chi connectivity index (χ1n) is 4.59. The Bertz CT molecular complexity index is 450. The zero-order chi connectivity index (χ0) is 10.8. The summed E-state index contributed by atoms with van der Waals surface area (Å²) in [6, 6.07) is 7.57. The van der Waals surface area contributed by atoms with E-state index >= 15 is 0 Å². The predicted octanol–water partition coefficient (Wildman–Crippen LogP) is 2.26. The highest BCUT2D eigenvalue weighted by molar-refractivity contribution is 9.10. The van der Waals surface area contributed by atoms with E-state index in [0.717, 1.165) is 10.0 Å². The van der Waals surface area contributed by atoms with Gasteiger partial charge in [-0.1, -0.05) is 28.1 Å². The average molecular weight is 267 g/mol. The van der Waals surface area contributed by atoms with Crippen molar-refractivity contribution >= 4 is 15.9 Å². The molecule has 0 amide bonds. The number of hydrogen-bond acceptors (Lipinski definition) is 2. The fourth-order valence-corrected chi connectivity index (χ4v) is 1.70. The zero-order valence-corrected chi connectivity index (χ0v) is 9.85. The molecule has 1 N–H and O–H groups in total. The lowest BCUT2D eigenvalue weighted by Gasteiger charge is -2.10. The predicted molar refractivity (Wildman–Crippen MR) is 61.4 cm³/mol. The molecule has 78 valence electrons. The van der Waals surface area contributed by atoms with Gasteiger partial charge in [0.25, 0.3) is 0 Å². The highest BCUT2D eigenvalue weighted by Crippen LogP contribution is 2.21. The molecule has 4 heteroatoms. The summed E-state index contributed by atoms with van der Waals surface area (Å²) < 4.78 is 2.81. The Morgan fingerprint density at radius 3 is 2.53 bits per heavy atom. The molecule has 1 aromatic carbocycles. The largest absolute Gasteiger partial charge is 0.380 e. The summed E-state index contributed by atoms with van der Waals surface area (Å²) in [5, 5.41) is 10.1. The number of hydrogen-bond donors (Lipinski definition) is 1. The molecular formula is C11H11BrN2O. The first kappa shape index (κ1) is 10.4. The summed E-state index contributed by atoms with van der Waals surface area (Å²) >= 11 is 3.36. The minimum absolute atomic E-state index is 0.650. The number of aryl methyl sites for hydroxylation is 1. The summed E-state index contributed by atoms with van der Waals surface area (Å²) in [6.07, 6.45) is 2.83. The minimum Gasteiger partial charge on any atom is -0.380 e. The molecular weight excluding hydrogens is 256 g/mol. The normalized spacial score (nSPS) is 12.7. The molecule has 0 saturated heterocycles. The van der Waals surface area contributed by atoms with Crippen molar-refractivity contribution in [2.75, 3.05) is 0 Å². The van der Waals surface area contributed by atoms with E-state index < -0.39 is 6.10 Å². The van der Waals surface area contributed by atoms with Gasteiger partial charge in [-0.05, 0) is 17.7 Å². The van der Waals surface area contributed by atoms with Gasteiger partial charge >= 0.3 is 0 Å². The Labute approximate surface area is 96.5 Å². The van der Waals surface area contributed by atoms with Gasteiger partial charge in [0.2, 0.25) is 0 Å². The van der Waals surface area contributed by atoms with E-state index in [1.807, 2.05) is 42.1 Å². The van der Waals surface area contributed by atoms with Crippen LogP contribution in [0.3, 0.4) is 0 Å². The van der Waals surface area contributed by atoms with Gasteiger partial charge in [0.15, 0.2) is 0 Å². The molecule has 2 rings (SSSR count). The maximum atomic E-state index is 10.1. The molecule has 3 nitrogen and oxygen atoms in total. The van der Waals surface area contributed by atoms with Crippen molar-refractivity contribution in [3.05, 3.63) is 52.5 Å². The number of imidazole rings is 1. The number of nitrogens with zero attached hydrogens (tertiary/aromatic N) is 2. The Kier molecular flexibility index (Phi) is 2.88. The van der Waals surface area contributed by atoms with Crippen molar-refractivity contribution < 1.29 is 5.11 Å². The molecule has 0 aliphatic heterocycles. The van der Waals surface area contributed by atoms with E-state index in [2.05, 4.69) is 20.9 Å². The van der Waals surface area contributed by atoms with Crippen molar-refractivity contribution in [2.45, 2.75) is 6.10 Å². The molecule has 0 unspecified atom stereocenters. The maximum Gasteiger partial charge on any atom is 0.142 e. The monoisotopic (exact) mass is 266 g/mol. The second-order valence-electron chi connectivity index (χ2n) is 3.35. The number of aliphatic hydroxyl groups excluding tert-OH is 1. The van der Waals surface area contributed by atoms with Crippen molar-refractivity contribution in [2.24, 2.45) is 7.05 Å². The molecule has 0 saturated carbocycles. The van der Waals surface area contributed by atoms with Crippen LogP contribution in [-0.4, -0.2) is 14.7 Å². The third kappa shape index (κ3) is 2.11. The number of rotatable bonds is 2. The van der Waals surface area contributed by atoms with E-state index in [-0.39, 0.29) is 0 Å². The lowest BCUT2D eigenvalue weighted by molar-refractivity contribution is 0.206. The third-order valence-corrected chi connectivity index (χ3v) is 2.82. The third-order valence-electron chi connectivity index (χ3n) is 2.29. The van der Waals surface area contributed by atoms with Crippen LogP contribution in [0.4, 0.5) is 0 Å². The van der Waals surface area contributed by atoms with E-state index in [4.69, 9.17) is 0 Å². The Morgan fingerprint density at radius 2 is 2.00 bits per heavy atom. The Morgan fingerprint density at radius 1 is 1.33 bits per heavy atom. The summed E-state index contributed by atoms with van der Waals surface area (Å²) in [6.45, 7) is 0. The highest BCUT2D eigenvalue weighted by atomic mass is 79.9. The standard InChI is InChI=1S/C11H11BrN2O/c1-14-7-6-13-11(14)10(15)8-2-4-9(12)5-3-8/h2-7,10,15H,1H3/t10-/m1/s1. The highest BCUT2D eigenvalue weighted by Gasteiger charge is 2.14. The van der Waals surface area contributed by atoms with Crippen LogP contribution in [0.15, 0.2) is 41.1 Å². The average Bonchev–Trinajstić information content (AvgIpc) is 2.65. The molecule has 15 heavy (non-hydrogen) atoms. The minimum atomic E-state index is -0.668. The first-order chi connectivity index (χ1) is 7.18. The van der Waals surface area contributed by atoms with Gasteiger partial charge in [-0.15, -0.1) is 0 Å². The lowest BCUT2D eigenvalue weighted by Crippen LogP contribution is -2.06. The van der Waals surface area contributed by atoms with Crippen LogP contribution in [0.5, 0.6) is 0 Å². The van der Waals surface area contributed by atoms with E-state index in [9.17, 15) is 5.11 Å². The smallest absolute Gasteiger partial charge is 0.142 e. The van der Waals surface area contributed by atoms with Gasteiger partial charge in [-0.3, -0.25) is 0 Å². The summed E-state index contributed by atoms with van der Waals surface area (Å²) in [5.74, 6) is 0.650. The van der Waals surface area contributed by atoms with Crippen LogP contribution in [0.25, 0.3) is 0 Å². The summed E-state index contributed by atoms with van der Waals surface area (Å²) in [7, 11) is 1.87. The van der Waals surface area contributed by atoms with Gasteiger partial charge < -0.3 is 9.67 Å². The Hall–Kier alpha value is -1.13. The van der Waals surface area contributed by atoms with Gasteiger partial charge in [0, 0.05) is 23.9 Å². The zero-order valence-electron chi connectivity index (χ0n) is 8.26. The topological polar surface area (TPSA) is 38.0 Å². The number of aromatic nitrogens is 2. The quantitative estimate of drug-likeness (QED) is 0.906. The van der Waals surface area contributed by atoms with Crippen molar-refractivity contribution in [1.82, 2.24) is 9.55 Å².